The first kappa shape index (κ1) is 28.6. The van der Waals surface area contributed by atoms with Crippen molar-refractivity contribution in [2.24, 2.45) is 0 Å². The molecule has 0 radical (unpaired) electrons. The van der Waals surface area contributed by atoms with E-state index in [0.717, 1.165) is 67.0 Å². The zero-order chi connectivity index (χ0) is 32.6. The highest BCUT2D eigenvalue weighted by molar-refractivity contribution is 6.04. The largest absolute Gasteiger partial charge is 0.443 e. The highest BCUT2D eigenvalue weighted by Crippen LogP contribution is 2.40. The van der Waals surface area contributed by atoms with E-state index >= 15 is 0 Å². The van der Waals surface area contributed by atoms with E-state index in [-0.39, 0.29) is 0 Å². The average molecular weight is 628 g/mol. The number of rotatable bonds is 6. The van der Waals surface area contributed by atoms with Gasteiger partial charge in [0.05, 0.1) is 11.4 Å². The highest BCUT2D eigenvalue weighted by Gasteiger charge is 2.15. The Hall–Kier alpha value is -6.65. The fourth-order valence-electron chi connectivity index (χ4n) is 6.60. The van der Waals surface area contributed by atoms with E-state index in [1.54, 1.807) is 0 Å². The highest BCUT2D eigenvalue weighted by atomic mass is 16.3. The van der Waals surface area contributed by atoms with E-state index in [2.05, 4.69) is 132 Å². The second-order valence-corrected chi connectivity index (χ2v) is 12.1. The van der Waals surface area contributed by atoms with Crippen molar-refractivity contribution in [3.8, 4) is 67.3 Å². The third-order valence-electron chi connectivity index (χ3n) is 9.06. The molecule has 2 heterocycles. The fraction of sp³-hybridized carbons (Fsp3) is 0. The van der Waals surface area contributed by atoms with Gasteiger partial charge in [-0.25, -0.2) is 15.0 Å². The smallest absolute Gasteiger partial charge is 0.181 e. The van der Waals surface area contributed by atoms with Crippen LogP contribution in [-0.2, 0) is 0 Å². The second-order valence-electron chi connectivity index (χ2n) is 12.1. The van der Waals surface area contributed by atoms with Crippen molar-refractivity contribution >= 4 is 21.9 Å². The number of aromatic nitrogens is 3. The summed E-state index contributed by atoms with van der Waals surface area (Å²) in [5.74, 6) is 0.696. The monoisotopic (exact) mass is 627 g/mol. The maximum absolute atomic E-state index is 5.61. The Labute approximate surface area is 284 Å². The molecule has 230 valence electrons. The lowest BCUT2D eigenvalue weighted by atomic mass is 9.88. The van der Waals surface area contributed by atoms with E-state index in [9.17, 15) is 0 Å². The van der Waals surface area contributed by atoms with Crippen molar-refractivity contribution in [3.05, 3.63) is 176 Å². The molecule has 0 unspecified atom stereocenters. The van der Waals surface area contributed by atoms with Crippen molar-refractivity contribution in [1.82, 2.24) is 15.0 Å². The van der Waals surface area contributed by atoms with Gasteiger partial charge in [-0.1, -0.05) is 146 Å². The molecule has 49 heavy (non-hydrogen) atoms. The van der Waals surface area contributed by atoms with Crippen LogP contribution < -0.4 is 0 Å². The Kier molecular flexibility index (Phi) is 7.10. The van der Waals surface area contributed by atoms with Crippen LogP contribution >= 0.6 is 0 Å². The normalized spacial score (nSPS) is 11.3. The summed E-state index contributed by atoms with van der Waals surface area (Å²) in [5, 5.41) is 2.41. The molecule has 4 heteroatoms. The molecule has 0 saturated carbocycles. The van der Waals surface area contributed by atoms with Crippen molar-refractivity contribution < 1.29 is 4.42 Å². The predicted octanol–water partition coefficient (Wildman–Crippen LogP) is 11.8. The fourth-order valence-corrected chi connectivity index (χ4v) is 6.60. The Bertz CT molecular complexity index is 2530. The molecular weight excluding hydrogens is 599 g/mol. The van der Waals surface area contributed by atoms with Crippen LogP contribution in [0.3, 0.4) is 0 Å². The van der Waals surface area contributed by atoms with Crippen molar-refractivity contribution in [2.45, 2.75) is 0 Å². The first-order valence-corrected chi connectivity index (χ1v) is 16.3. The maximum atomic E-state index is 5.61. The number of hydrogen-bond acceptors (Lipinski definition) is 4. The molecule has 0 fully saturated rings. The molecule has 0 aliphatic heterocycles. The molecule has 2 aromatic heterocycles. The molecule has 0 bridgehead atoms. The molecule has 7 aromatic carbocycles. The topological polar surface area (TPSA) is 51.8 Å². The van der Waals surface area contributed by atoms with Gasteiger partial charge in [-0.2, -0.15) is 0 Å². The average Bonchev–Trinajstić information content (AvgIpc) is 3.66. The van der Waals surface area contributed by atoms with E-state index in [1.807, 2.05) is 42.5 Å². The van der Waals surface area contributed by atoms with Crippen LogP contribution in [0.5, 0.6) is 0 Å². The van der Waals surface area contributed by atoms with Crippen LogP contribution in [0.1, 0.15) is 0 Å². The minimum atomic E-state index is 0.696. The van der Waals surface area contributed by atoms with E-state index < -0.39 is 0 Å². The van der Waals surface area contributed by atoms with Crippen molar-refractivity contribution in [2.75, 3.05) is 0 Å². The summed E-state index contributed by atoms with van der Waals surface area (Å²) in [6.07, 6.45) is 1.49. The number of fused-ring (bicyclic) bond motifs is 2. The SMILES string of the molecule is c1ccc(-c2cc(-c3ccccc3)nc(-c3ccc(-c4ccc5ccccc5c4-c4cccc(-c5ccc6ncoc6c5)c4)cc3)n2)cc1. The van der Waals surface area contributed by atoms with Gasteiger partial charge in [0.25, 0.3) is 0 Å². The summed E-state index contributed by atoms with van der Waals surface area (Å²) in [4.78, 5) is 14.4. The summed E-state index contributed by atoms with van der Waals surface area (Å²) >= 11 is 0. The number of hydrogen-bond donors (Lipinski definition) is 0. The number of benzene rings is 7. The van der Waals surface area contributed by atoms with Gasteiger partial charge in [-0.15, -0.1) is 0 Å². The predicted molar refractivity (Wildman–Crippen MR) is 200 cm³/mol. The van der Waals surface area contributed by atoms with Crippen molar-refractivity contribution in [1.29, 1.82) is 0 Å². The van der Waals surface area contributed by atoms with E-state index in [1.165, 1.54) is 22.7 Å². The molecule has 0 aliphatic carbocycles. The van der Waals surface area contributed by atoms with E-state index in [4.69, 9.17) is 14.4 Å². The summed E-state index contributed by atoms with van der Waals surface area (Å²) < 4.78 is 5.61. The number of nitrogens with zero attached hydrogens (tertiary/aromatic N) is 3. The van der Waals surface area contributed by atoms with Crippen molar-refractivity contribution in [3.63, 3.8) is 0 Å². The summed E-state index contributed by atoms with van der Waals surface area (Å²) in [5.41, 5.74) is 13.4. The Morgan fingerprint density at radius 3 is 1.78 bits per heavy atom. The molecular formula is C45H29N3O. The van der Waals surface area contributed by atoms with Crippen LogP contribution in [-0.4, -0.2) is 15.0 Å². The Balaban J connectivity index is 1.15. The summed E-state index contributed by atoms with van der Waals surface area (Å²) in [6, 6.07) is 59.2. The molecule has 0 N–H and O–H groups in total. The molecule has 0 aliphatic rings. The molecule has 4 nitrogen and oxygen atoms in total. The zero-order valence-electron chi connectivity index (χ0n) is 26.5. The number of oxazole rings is 1. The molecule has 0 amide bonds. The standard InChI is InChI=1S/C45H29N3O/c1-3-11-32(12-4-1)41-28-42(33-13-5-2-6-14-33)48-45(47-41)34-20-18-31(19-21-34)39-24-22-30-10-7-8-17-38(30)44(39)37-16-9-15-35(26-37)36-23-25-40-43(27-36)49-29-46-40/h1-29H. The summed E-state index contributed by atoms with van der Waals surface area (Å²) in [7, 11) is 0. The van der Waals surface area contributed by atoms with Gasteiger partial charge in [-0.3, -0.25) is 0 Å². The quantitative estimate of drug-likeness (QED) is 0.184. The molecule has 9 aromatic rings. The van der Waals surface area contributed by atoms with Gasteiger partial charge < -0.3 is 4.42 Å². The van der Waals surface area contributed by atoms with Crippen LogP contribution in [0, 0.1) is 0 Å². The van der Waals surface area contributed by atoms with Gasteiger partial charge in [0, 0.05) is 16.7 Å². The Morgan fingerprint density at radius 2 is 1.02 bits per heavy atom. The van der Waals surface area contributed by atoms with Crippen LogP contribution in [0.25, 0.3) is 89.2 Å². The van der Waals surface area contributed by atoms with Gasteiger partial charge in [0.1, 0.15) is 5.52 Å². The lowest BCUT2D eigenvalue weighted by molar-refractivity contribution is 0.602. The minimum Gasteiger partial charge on any atom is -0.443 e. The first-order chi connectivity index (χ1) is 24.3. The van der Waals surface area contributed by atoms with Gasteiger partial charge in [-0.05, 0) is 68.4 Å². The summed E-state index contributed by atoms with van der Waals surface area (Å²) in [6.45, 7) is 0. The second kappa shape index (κ2) is 12.2. The van der Waals surface area contributed by atoms with Crippen LogP contribution in [0.2, 0.25) is 0 Å². The van der Waals surface area contributed by atoms with Crippen LogP contribution in [0.4, 0.5) is 0 Å². The lowest BCUT2D eigenvalue weighted by Gasteiger charge is -2.16. The van der Waals surface area contributed by atoms with Gasteiger partial charge in [0.2, 0.25) is 0 Å². The molecule has 0 spiro atoms. The Morgan fingerprint density at radius 1 is 0.408 bits per heavy atom. The molecule has 9 rings (SSSR count). The van der Waals surface area contributed by atoms with Gasteiger partial charge in [0.15, 0.2) is 17.8 Å². The first-order valence-electron chi connectivity index (χ1n) is 16.3. The third kappa shape index (κ3) is 5.45. The minimum absolute atomic E-state index is 0.696. The maximum Gasteiger partial charge on any atom is 0.181 e. The zero-order valence-corrected chi connectivity index (χ0v) is 26.5. The lowest BCUT2D eigenvalue weighted by Crippen LogP contribution is -1.96. The van der Waals surface area contributed by atoms with E-state index in [0.29, 0.717) is 5.82 Å². The third-order valence-corrected chi connectivity index (χ3v) is 9.06. The molecule has 0 atom stereocenters. The molecule has 0 saturated heterocycles. The van der Waals surface area contributed by atoms with Gasteiger partial charge >= 0.3 is 0 Å². The van der Waals surface area contributed by atoms with Crippen LogP contribution in [0.15, 0.2) is 181 Å².